The van der Waals surface area contributed by atoms with Crippen molar-refractivity contribution in [3.05, 3.63) is 65.7 Å². The highest BCUT2D eigenvalue weighted by Gasteiger charge is 2.12. The molecule has 21 heavy (non-hydrogen) atoms. The van der Waals surface area contributed by atoms with Crippen LogP contribution in [0.4, 0.5) is 4.39 Å². The lowest BCUT2D eigenvalue weighted by Crippen LogP contribution is -1.85. The van der Waals surface area contributed by atoms with Crippen molar-refractivity contribution in [2.24, 2.45) is 0 Å². The lowest BCUT2D eigenvalue weighted by Gasteiger charge is -2.05. The fraction of sp³-hybridized carbons (Fsp3) is 0. The smallest absolute Gasteiger partial charge is 0.137 e. The number of furan rings is 1. The summed E-state index contributed by atoms with van der Waals surface area (Å²) in [5, 5.41) is 2.73. The Hall–Kier alpha value is -2.39. The summed E-state index contributed by atoms with van der Waals surface area (Å²) in [5.74, 6) is 0.270. The first-order valence-electron chi connectivity index (χ1n) is 6.44. The van der Waals surface area contributed by atoms with E-state index in [1.54, 1.807) is 12.4 Å². The monoisotopic (exact) mass is 297 g/mol. The van der Waals surface area contributed by atoms with Gasteiger partial charge < -0.3 is 4.42 Å². The maximum absolute atomic E-state index is 13.7. The second-order valence-corrected chi connectivity index (χ2v) is 5.23. The van der Waals surface area contributed by atoms with E-state index in [2.05, 4.69) is 4.98 Å². The van der Waals surface area contributed by atoms with Crippen LogP contribution in [0.2, 0.25) is 5.02 Å². The SMILES string of the molecule is Fc1cc(Cl)c2cncc(-c3cc4ccccc4o3)c2c1. The van der Waals surface area contributed by atoms with E-state index in [4.69, 9.17) is 16.0 Å². The average molecular weight is 298 g/mol. The van der Waals surface area contributed by atoms with E-state index in [1.807, 2.05) is 30.3 Å². The molecule has 0 amide bonds. The van der Waals surface area contributed by atoms with Gasteiger partial charge in [-0.25, -0.2) is 4.39 Å². The average Bonchev–Trinajstić information content (AvgIpc) is 2.90. The summed E-state index contributed by atoms with van der Waals surface area (Å²) in [6.45, 7) is 0. The van der Waals surface area contributed by atoms with E-state index >= 15 is 0 Å². The molecular weight excluding hydrogens is 289 g/mol. The summed E-state index contributed by atoms with van der Waals surface area (Å²) in [7, 11) is 0. The zero-order valence-electron chi connectivity index (χ0n) is 10.8. The zero-order valence-corrected chi connectivity index (χ0v) is 11.6. The van der Waals surface area contributed by atoms with Crippen molar-refractivity contribution in [3.8, 4) is 11.3 Å². The van der Waals surface area contributed by atoms with Crippen molar-refractivity contribution >= 4 is 33.3 Å². The van der Waals surface area contributed by atoms with Crippen molar-refractivity contribution < 1.29 is 8.81 Å². The summed E-state index contributed by atoms with van der Waals surface area (Å²) < 4.78 is 19.5. The Bertz CT molecular complexity index is 944. The fourth-order valence-electron chi connectivity index (χ4n) is 2.51. The molecule has 0 bridgehead atoms. The van der Waals surface area contributed by atoms with Gasteiger partial charge in [-0.05, 0) is 24.3 Å². The predicted octanol–water partition coefficient (Wildman–Crippen LogP) is 5.44. The van der Waals surface area contributed by atoms with Crippen molar-refractivity contribution in [2.75, 3.05) is 0 Å². The van der Waals surface area contributed by atoms with Crippen molar-refractivity contribution in [1.82, 2.24) is 4.98 Å². The van der Waals surface area contributed by atoms with Crippen LogP contribution >= 0.6 is 11.6 Å². The van der Waals surface area contributed by atoms with E-state index in [0.717, 1.165) is 16.5 Å². The summed E-state index contributed by atoms with van der Waals surface area (Å²) in [6.07, 6.45) is 3.29. The summed E-state index contributed by atoms with van der Waals surface area (Å²) >= 11 is 6.09. The zero-order chi connectivity index (χ0) is 14.4. The van der Waals surface area contributed by atoms with Crippen LogP contribution in [0.15, 0.2) is 59.3 Å². The standard InChI is InChI=1S/C17H9ClFNO/c18-15-7-11(19)6-12-13(15)8-20-9-14(12)17-5-10-3-1-2-4-16(10)21-17/h1-9H. The van der Waals surface area contributed by atoms with E-state index in [-0.39, 0.29) is 5.82 Å². The van der Waals surface area contributed by atoms with Gasteiger partial charge in [-0.3, -0.25) is 4.98 Å². The van der Waals surface area contributed by atoms with Gasteiger partial charge in [-0.2, -0.15) is 0 Å². The van der Waals surface area contributed by atoms with E-state index in [0.29, 0.717) is 21.6 Å². The Balaban J connectivity index is 2.05. The van der Waals surface area contributed by atoms with Gasteiger partial charge >= 0.3 is 0 Å². The molecular formula is C17H9ClFNO. The van der Waals surface area contributed by atoms with Gasteiger partial charge in [0, 0.05) is 34.1 Å². The van der Waals surface area contributed by atoms with Gasteiger partial charge in [0.15, 0.2) is 0 Å². The molecule has 4 heteroatoms. The third-order valence-electron chi connectivity index (χ3n) is 3.48. The van der Waals surface area contributed by atoms with Gasteiger partial charge in [0.25, 0.3) is 0 Å². The van der Waals surface area contributed by atoms with Crippen LogP contribution in [0.5, 0.6) is 0 Å². The molecule has 0 aliphatic heterocycles. The second-order valence-electron chi connectivity index (χ2n) is 4.82. The van der Waals surface area contributed by atoms with Gasteiger partial charge in [0.1, 0.15) is 17.2 Å². The highest BCUT2D eigenvalue weighted by molar-refractivity contribution is 6.35. The Morgan fingerprint density at radius 3 is 2.71 bits per heavy atom. The number of benzene rings is 2. The van der Waals surface area contributed by atoms with Crippen molar-refractivity contribution in [2.45, 2.75) is 0 Å². The normalized spacial score (nSPS) is 11.3. The number of hydrogen-bond donors (Lipinski definition) is 0. The molecule has 0 saturated heterocycles. The fourth-order valence-corrected chi connectivity index (χ4v) is 2.76. The third-order valence-corrected chi connectivity index (χ3v) is 3.80. The number of halogens is 2. The molecule has 0 aliphatic carbocycles. The molecule has 4 aromatic rings. The Kier molecular flexibility index (Phi) is 2.69. The number of fused-ring (bicyclic) bond motifs is 2. The lowest BCUT2D eigenvalue weighted by atomic mass is 10.1. The van der Waals surface area contributed by atoms with Gasteiger partial charge in [0.2, 0.25) is 0 Å². The van der Waals surface area contributed by atoms with Crippen LogP contribution in [0, 0.1) is 5.82 Å². The molecule has 2 nitrogen and oxygen atoms in total. The quantitative estimate of drug-likeness (QED) is 0.467. The Morgan fingerprint density at radius 1 is 1.00 bits per heavy atom. The molecule has 0 unspecified atom stereocenters. The number of aromatic nitrogens is 1. The van der Waals surface area contributed by atoms with Crippen LogP contribution < -0.4 is 0 Å². The highest BCUT2D eigenvalue weighted by atomic mass is 35.5. The van der Waals surface area contributed by atoms with Crippen LogP contribution in [0.1, 0.15) is 0 Å². The molecule has 0 N–H and O–H groups in total. The Morgan fingerprint density at radius 2 is 1.86 bits per heavy atom. The molecule has 0 aliphatic rings. The number of hydrogen-bond acceptors (Lipinski definition) is 2. The first-order chi connectivity index (χ1) is 10.2. The molecule has 4 rings (SSSR count). The number of para-hydroxylation sites is 1. The molecule has 2 aromatic carbocycles. The molecule has 2 heterocycles. The van der Waals surface area contributed by atoms with E-state index in [1.165, 1.54) is 12.1 Å². The van der Waals surface area contributed by atoms with Gasteiger partial charge in [-0.15, -0.1) is 0 Å². The van der Waals surface area contributed by atoms with Crippen LogP contribution in [0.3, 0.4) is 0 Å². The lowest BCUT2D eigenvalue weighted by molar-refractivity contribution is 0.628. The maximum Gasteiger partial charge on any atom is 0.137 e. The molecule has 0 radical (unpaired) electrons. The maximum atomic E-state index is 13.7. The van der Waals surface area contributed by atoms with Crippen LogP contribution in [-0.2, 0) is 0 Å². The minimum Gasteiger partial charge on any atom is -0.456 e. The van der Waals surface area contributed by atoms with E-state index < -0.39 is 0 Å². The Labute approximate surface area is 124 Å². The van der Waals surface area contributed by atoms with Crippen molar-refractivity contribution in [1.29, 1.82) is 0 Å². The first-order valence-corrected chi connectivity index (χ1v) is 6.82. The molecule has 0 fully saturated rings. The number of rotatable bonds is 1. The van der Waals surface area contributed by atoms with Crippen LogP contribution in [-0.4, -0.2) is 4.98 Å². The van der Waals surface area contributed by atoms with Crippen LogP contribution in [0.25, 0.3) is 33.1 Å². The van der Waals surface area contributed by atoms with Crippen molar-refractivity contribution in [3.63, 3.8) is 0 Å². The van der Waals surface area contributed by atoms with Gasteiger partial charge in [-0.1, -0.05) is 29.8 Å². The summed E-state index contributed by atoms with van der Waals surface area (Å²) in [4.78, 5) is 4.18. The molecule has 102 valence electrons. The molecule has 0 saturated carbocycles. The first kappa shape index (κ1) is 12.4. The molecule has 0 atom stereocenters. The predicted molar refractivity (Wildman–Crippen MR) is 81.9 cm³/mol. The second kappa shape index (κ2) is 4.57. The minimum absolute atomic E-state index is 0.343. The molecule has 2 aromatic heterocycles. The third kappa shape index (κ3) is 1.98. The minimum atomic E-state index is -0.379. The highest BCUT2D eigenvalue weighted by Crippen LogP contribution is 2.35. The number of nitrogens with zero attached hydrogens (tertiary/aromatic N) is 1. The summed E-state index contributed by atoms with van der Waals surface area (Å²) in [6, 6.07) is 12.4. The topological polar surface area (TPSA) is 26.0 Å². The largest absolute Gasteiger partial charge is 0.456 e. The molecule has 0 spiro atoms. The van der Waals surface area contributed by atoms with Gasteiger partial charge in [0.05, 0.1) is 5.02 Å². The summed E-state index contributed by atoms with van der Waals surface area (Å²) in [5.41, 5.74) is 1.51. The van der Waals surface area contributed by atoms with E-state index in [9.17, 15) is 4.39 Å². The number of pyridine rings is 1.